The van der Waals surface area contributed by atoms with Gasteiger partial charge >= 0.3 is 5.97 Å². The van der Waals surface area contributed by atoms with Gasteiger partial charge in [0.15, 0.2) is 0 Å². The van der Waals surface area contributed by atoms with Crippen LogP contribution < -0.4 is 0 Å². The molecule has 0 amide bonds. The van der Waals surface area contributed by atoms with E-state index in [9.17, 15) is 4.79 Å². The zero-order chi connectivity index (χ0) is 10.2. The molecule has 0 aliphatic heterocycles. The highest BCUT2D eigenvalue weighted by Crippen LogP contribution is 2.42. The molecule has 5 nitrogen and oxygen atoms in total. The lowest BCUT2D eigenvalue weighted by Crippen LogP contribution is -2.30. The molecule has 1 N–H and O–H groups in total. The average molecular weight is 196 g/mol. The van der Waals surface area contributed by atoms with E-state index in [1.807, 2.05) is 0 Å². The van der Waals surface area contributed by atoms with Gasteiger partial charge < -0.3 is 9.52 Å². The van der Waals surface area contributed by atoms with Crippen molar-refractivity contribution in [2.45, 2.75) is 38.0 Å². The average Bonchev–Trinajstić information content (AvgIpc) is 2.47. The first-order chi connectivity index (χ1) is 6.60. The normalized spacial score (nSPS) is 18.9. The second-order valence-electron chi connectivity index (χ2n) is 3.99. The SMILES string of the molecule is CC1(c2nnc(CC(=O)O)o2)CCC1. The van der Waals surface area contributed by atoms with Crippen LogP contribution in [-0.4, -0.2) is 21.3 Å². The van der Waals surface area contributed by atoms with Crippen LogP contribution in [0.15, 0.2) is 4.42 Å². The third-order valence-corrected chi connectivity index (χ3v) is 2.74. The first-order valence-electron chi connectivity index (χ1n) is 4.65. The van der Waals surface area contributed by atoms with E-state index >= 15 is 0 Å². The predicted octanol–water partition coefficient (Wildman–Crippen LogP) is 1.14. The maximum Gasteiger partial charge on any atom is 0.312 e. The van der Waals surface area contributed by atoms with Gasteiger partial charge in [-0.25, -0.2) is 0 Å². The Kier molecular flexibility index (Phi) is 2.02. The van der Waals surface area contributed by atoms with Crippen LogP contribution in [0.2, 0.25) is 0 Å². The van der Waals surface area contributed by atoms with Gasteiger partial charge in [0, 0.05) is 5.41 Å². The number of aromatic nitrogens is 2. The summed E-state index contributed by atoms with van der Waals surface area (Å²) in [5, 5.41) is 16.1. The van der Waals surface area contributed by atoms with Crippen LogP contribution in [0.25, 0.3) is 0 Å². The van der Waals surface area contributed by atoms with Crippen LogP contribution in [0.1, 0.15) is 38.0 Å². The third kappa shape index (κ3) is 1.49. The van der Waals surface area contributed by atoms with E-state index in [-0.39, 0.29) is 17.7 Å². The molecule has 1 fully saturated rings. The maximum absolute atomic E-state index is 10.4. The largest absolute Gasteiger partial charge is 0.481 e. The summed E-state index contributed by atoms with van der Waals surface area (Å²) in [6.07, 6.45) is 3.07. The lowest BCUT2D eigenvalue weighted by Gasteiger charge is -2.34. The van der Waals surface area contributed by atoms with E-state index in [1.54, 1.807) is 0 Å². The van der Waals surface area contributed by atoms with Crippen LogP contribution in [0.5, 0.6) is 0 Å². The molecule has 2 rings (SSSR count). The van der Waals surface area contributed by atoms with Gasteiger partial charge in [-0.2, -0.15) is 0 Å². The molecule has 0 bridgehead atoms. The van der Waals surface area contributed by atoms with Crippen molar-refractivity contribution in [3.8, 4) is 0 Å². The van der Waals surface area contributed by atoms with Crippen molar-refractivity contribution in [1.82, 2.24) is 10.2 Å². The number of carbonyl (C=O) groups is 1. The summed E-state index contributed by atoms with van der Waals surface area (Å²) in [7, 11) is 0. The maximum atomic E-state index is 10.4. The summed E-state index contributed by atoms with van der Waals surface area (Å²) in [6, 6.07) is 0. The van der Waals surface area contributed by atoms with Crippen LogP contribution in [-0.2, 0) is 16.6 Å². The fourth-order valence-electron chi connectivity index (χ4n) is 1.62. The van der Waals surface area contributed by atoms with E-state index in [4.69, 9.17) is 9.52 Å². The zero-order valence-electron chi connectivity index (χ0n) is 7.99. The van der Waals surface area contributed by atoms with Crippen molar-refractivity contribution in [3.63, 3.8) is 0 Å². The van der Waals surface area contributed by atoms with Gasteiger partial charge in [0.05, 0.1) is 0 Å². The molecule has 1 saturated carbocycles. The Morgan fingerprint density at radius 1 is 1.57 bits per heavy atom. The molecule has 0 unspecified atom stereocenters. The van der Waals surface area contributed by atoms with Crippen molar-refractivity contribution < 1.29 is 14.3 Å². The Hall–Kier alpha value is -1.39. The number of nitrogens with zero attached hydrogens (tertiary/aromatic N) is 2. The van der Waals surface area contributed by atoms with Crippen molar-refractivity contribution in [1.29, 1.82) is 0 Å². The molecule has 1 aromatic heterocycles. The van der Waals surface area contributed by atoms with Crippen molar-refractivity contribution in [2.75, 3.05) is 0 Å². The highest BCUT2D eigenvalue weighted by molar-refractivity contribution is 5.68. The second-order valence-corrected chi connectivity index (χ2v) is 3.99. The van der Waals surface area contributed by atoms with Gasteiger partial charge in [0.25, 0.3) is 0 Å². The fraction of sp³-hybridized carbons (Fsp3) is 0.667. The van der Waals surface area contributed by atoms with Crippen molar-refractivity contribution in [3.05, 3.63) is 11.8 Å². The van der Waals surface area contributed by atoms with E-state index in [0.29, 0.717) is 5.89 Å². The molecule has 0 spiro atoms. The lowest BCUT2D eigenvalue weighted by molar-refractivity contribution is -0.136. The minimum Gasteiger partial charge on any atom is -0.481 e. The van der Waals surface area contributed by atoms with Crippen molar-refractivity contribution >= 4 is 5.97 Å². The number of aliphatic carboxylic acids is 1. The molecule has 5 heteroatoms. The Bertz CT molecular complexity index is 355. The van der Waals surface area contributed by atoms with Crippen LogP contribution in [0, 0.1) is 0 Å². The topological polar surface area (TPSA) is 76.2 Å². The highest BCUT2D eigenvalue weighted by atomic mass is 16.4. The van der Waals surface area contributed by atoms with Gasteiger partial charge in [-0.05, 0) is 12.8 Å². The molecule has 0 radical (unpaired) electrons. The first kappa shape index (κ1) is 9.18. The summed E-state index contributed by atoms with van der Waals surface area (Å²) >= 11 is 0. The van der Waals surface area contributed by atoms with Crippen LogP contribution in [0.4, 0.5) is 0 Å². The molecular weight excluding hydrogens is 184 g/mol. The molecule has 14 heavy (non-hydrogen) atoms. The second kappa shape index (κ2) is 3.08. The lowest BCUT2D eigenvalue weighted by atomic mass is 9.70. The first-order valence-corrected chi connectivity index (χ1v) is 4.65. The number of rotatable bonds is 3. The van der Waals surface area contributed by atoms with Gasteiger partial charge in [-0.15, -0.1) is 10.2 Å². The molecule has 1 heterocycles. The van der Waals surface area contributed by atoms with Crippen LogP contribution >= 0.6 is 0 Å². The summed E-state index contributed by atoms with van der Waals surface area (Å²) < 4.78 is 5.30. The third-order valence-electron chi connectivity index (χ3n) is 2.74. The molecule has 76 valence electrons. The zero-order valence-corrected chi connectivity index (χ0v) is 7.99. The number of carboxylic acids is 1. The molecule has 1 aliphatic carbocycles. The Labute approximate surface area is 81.1 Å². The molecular formula is C9H12N2O3. The minimum atomic E-state index is -0.945. The summed E-state index contributed by atoms with van der Waals surface area (Å²) in [5.41, 5.74) is -0.0102. The van der Waals surface area contributed by atoms with Gasteiger partial charge in [0.1, 0.15) is 6.42 Å². The Morgan fingerprint density at radius 2 is 2.29 bits per heavy atom. The number of hydrogen-bond donors (Lipinski definition) is 1. The van der Waals surface area contributed by atoms with E-state index in [2.05, 4.69) is 17.1 Å². The molecule has 1 aliphatic rings. The van der Waals surface area contributed by atoms with E-state index in [1.165, 1.54) is 6.42 Å². The molecule has 0 saturated heterocycles. The van der Waals surface area contributed by atoms with Crippen molar-refractivity contribution in [2.24, 2.45) is 0 Å². The fourth-order valence-corrected chi connectivity index (χ4v) is 1.62. The van der Waals surface area contributed by atoms with E-state index in [0.717, 1.165) is 12.8 Å². The molecule has 0 atom stereocenters. The minimum absolute atomic E-state index is 0.0102. The monoisotopic (exact) mass is 196 g/mol. The van der Waals surface area contributed by atoms with Gasteiger partial charge in [0.2, 0.25) is 11.8 Å². The van der Waals surface area contributed by atoms with E-state index < -0.39 is 5.97 Å². The van der Waals surface area contributed by atoms with Gasteiger partial charge in [-0.3, -0.25) is 4.79 Å². The highest BCUT2D eigenvalue weighted by Gasteiger charge is 2.38. The standard InChI is InChI=1S/C9H12N2O3/c1-9(3-2-4-9)8-11-10-6(14-8)5-7(12)13/h2-5H2,1H3,(H,12,13). The van der Waals surface area contributed by atoms with Crippen LogP contribution in [0.3, 0.4) is 0 Å². The number of hydrogen-bond acceptors (Lipinski definition) is 4. The summed E-state index contributed by atoms with van der Waals surface area (Å²) in [5.74, 6) is -0.167. The Balaban J connectivity index is 2.13. The Morgan fingerprint density at radius 3 is 2.79 bits per heavy atom. The molecule has 0 aromatic carbocycles. The number of carboxylic acid groups (broad SMARTS) is 1. The molecule has 1 aromatic rings. The quantitative estimate of drug-likeness (QED) is 0.784. The predicted molar refractivity (Wildman–Crippen MR) is 46.8 cm³/mol. The summed E-state index contributed by atoms with van der Waals surface area (Å²) in [4.78, 5) is 10.4. The summed E-state index contributed by atoms with van der Waals surface area (Å²) in [6.45, 7) is 2.06. The smallest absolute Gasteiger partial charge is 0.312 e. The van der Waals surface area contributed by atoms with Gasteiger partial charge in [-0.1, -0.05) is 13.3 Å².